The Bertz CT molecular complexity index is 710. The molecule has 0 saturated heterocycles. The van der Waals surface area contributed by atoms with Gasteiger partial charge in [0.1, 0.15) is 0 Å². The van der Waals surface area contributed by atoms with Crippen molar-refractivity contribution in [3.63, 3.8) is 0 Å². The predicted octanol–water partition coefficient (Wildman–Crippen LogP) is 5.19. The Morgan fingerprint density at radius 1 is 0.500 bits per heavy atom. The van der Waals surface area contributed by atoms with Crippen LogP contribution < -0.4 is 0 Å². The maximum absolute atomic E-state index is 4.49. The van der Waals surface area contributed by atoms with Crippen LogP contribution >= 0.6 is 0 Å². The van der Waals surface area contributed by atoms with Crippen LogP contribution in [0, 0.1) is 0 Å². The van der Waals surface area contributed by atoms with E-state index >= 15 is 0 Å². The first-order valence-electron chi connectivity index (χ1n) is 7.18. The van der Waals surface area contributed by atoms with Crippen LogP contribution in [0.1, 0.15) is 11.1 Å². The van der Waals surface area contributed by atoms with Gasteiger partial charge in [-0.1, -0.05) is 66.7 Å². The van der Waals surface area contributed by atoms with E-state index in [2.05, 4.69) is 9.98 Å². The Morgan fingerprint density at radius 3 is 1.41 bits per heavy atom. The minimum atomic E-state index is 0.895. The summed E-state index contributed by atoms with van der Waals surface area (Å²) >= 11 is 0. The molecule has 0 unspecified atom stereocenters. The predicted molar refractivity (Wildman–Crippen MR) is 93.8 cm³/mol. The molecule has 3 aromatic carbocycles. The highest BCUT2D eigenvalue weighted by Gasteiger charge is 1.92. The van der Waals surface area contributed by atoms with Gasteiger partial charge in [0.25, 0.3) is 0 Å². The van der Waals surface area contributed by atoms with Gasteiger partial charge in [0.15, 0.2) is 0 Å². The van der Waals surface area contributed by atoms with Gasteiger partial charge in [-0.05, 0) is 29.3 Å². The van der Waals surface area contributed by atoms with Gasteiger partial charge >= 0.3 is 0 Å². The van der Waals surface area contributed by atoms with Crippen molar-refractivity contribution >= 4 is 23.8 Å². The number of aliphatic imine (C=N–C) groups is 2. The van der Waals surface area contributed by atoms with Gasteiger partial charge in [-0.2, -0.15) is 0 Å². The number of rotatable bonds is 4. The lowest BCUT2D eigenvalue weighted by atomic mass is 10.2. The lowest BCUT2D eigenvalue weighted by Gasteiger charge is -1.97. The highest BCUT2D eigenvalue weighted by molar-refractivity contribution is 5.83. The third kappa shape index (κ3) is 4.00. The van der Waals surface area contributed by atoms with Crippen LogP contribution in [0.3, 0.4) is 0 Å². The van der Waals surface area contributed by atoms with Crippen LogP contribution in [0.2, 0.25) is 0 Å². The van der Waals surface area contributed by atoms with E-state index < -0.39 is 0 Å². The molecule has 0 radical (unpaired) electrons. The Hall–Kier alpha value is -3.00. The van der Waals surface area contributed by atoms with Gasteiger partial charge in [0.05, 0.1) is 11.4 Å². The fraction of sp³-hybridized carbons (Fsp3) is 0. The molecule has 0 aliphatic carbocycles. The van der Waals surface area contributed by atoms with E-state index in [1.165, 1.54) is 0 Å². The van der Waals surface area contributed by atoms with Crippen molar-refractivity contribution in [1.29, 1.82) is 0 Å². The first-order valence-corrected chi connectivity index (χ1v) is 7.18. The zero-order valence-corrected chi connectivity index (χ0v) is 12.1. The minimum absolute atomic E-state index is 0.895. The summed E-state index contributed by atoms with van der Waals surface area (Å²) in [5.74, 6) is 0. The van der Waals surface area contributed by atoms with Crippen molar-refractivity contribution in [1.82, 2.24) is 0 Å². The molecule has 0 spiro atoms. The van der Waals surface area contributed by atoms with Crippen molar-refractivity contribution in [2.24, 2.45) is 9.98 Å². The fourth-order valence-electron chi connectivity index (χ4n) is 2.03. The van der Waals surface area contributed by atoms with Crippen LogP contribution in [0.15, 0.2) is 94.9 Å². The molecule has 0 fully saturated rings. The number of hydrogen-bond acceptors (Lipinski definition) is 2. The highest BCUT2D eigenvalue weighted by Crippen LogP contribution is 2.20. The zero-order chi connectivity index (χ0) is 15.0. The smallest absolute Gasteiger partial charge is 0.0651 e. The van der Waals surface area contributed by atoms with Crippen LogP contribution in [0.25, 0.3) is 0 Å². The monoisotopic (exact) mass is 284 g/mol. The molecule has 0 heterocycles. The first kappa shape index (κ1) is 14.0. The van der Waals surface area contributed by atoms with Crippen LogP contribution in [-0.2, 0) is 0 Å². The molecule has 2 heteroatoms. The van der Waals surface area contributed by atoms with Crippen LogP contribution in [-0.4, -0.2) is 12.4 Å². The third-order valence-corrected chi connectivity index (χ3v) is 3.15. The second-order valence-corrected chi connectivity index (χ2v) is 4.86. The van der Waals surface area contributed by atoms with Gasteiger partial charge in [0.2, 0.25) is 0 Å². The van der Waals surface area contributed by atoms with Gasteiger partial charge < -0.3 is 0 Å². The van der Waals surface area contributed by atoms with E-state index in [-0.39, 0.29) is 0 Å². The maximum Gasteiger partial charge on any atom is 0.0651 e. The van der Waals surface area contributed by atoms with Crippen molar-refractivity contribution in [2.45, 2.75) is 0 Å². The van der Waals surface area contributed by atoms with E-state index in [4.69, 9.17) is 0 Å². The fourth-order valence-corrected chi connectivity index (χ4v) is 2.03. The molecular formula is C20H16N2. The SMILES string of the molecule is C(=Nc1cccc(N=Cc2ccccc2)c1)c1ccccc1. The van der Waals surface area contributed by atoms with Gasteiger partial charge in [-0.15, -0.1) is 0 Å². The molecule has 3 aromatic rings. The Morgan fingerprint density at radius 2 is 0.955 bits per heavy atom. The van der Waals surface area contributed by atoms with E-state index in [1.54, 1.807) is 0 Å². The molecule has 22 heavy (non-hydrogen) atoms. The second kappa shape index (κ2) is 7.14. The van der Waals surface area contributed by atoms with Crippen LogP contribution in [0.5, 0.6) is 0 Å². The average molecular weight is 284 g/mol. The number of benzene rings is 3. The Labute approximate surface area is 130 Å². The summed E-state index contributed by atoms with van der Waals surface area (Å²) in [5.41, 5.74) is 3.96. The van der Waals surface area contributed by atoms with Gasteiger partial charge in [0, 0.05) is 12.4 Å². The van der Waals surface area contributed by atoms with Gasteiger partial charge in [-0.25, -0.2) is 0 Å². The average Bonchev–Trinajstić information content (AvgIpc) is 2.60. The van der Waals surface area contributed by atoms with Crippen molar-refractivity contribution in [2.75, 3.05) is 0 Å². The lowest BCUT2D eigenvalue weighted by Crippen LogP contribution is -1.79. The largest absolute Gasteiger partial charge is 0.256 e. The highest BCUT2D eigenvalue weighted by atomic mass is 14.7. The maximum atomic E-state index is 4.49. The number of hydrogen-bond donors (Lipinski definition) is 0. The molecule has 0 bridgehead atoms. The van der Waals surface area contributed by atoms with E-state index in [0.717, 1.165) is 22.5 Å². The summed E-state index contributed by atoms with van der Waals surface area (Å²) < 4.78 is 0. The summed E-state index contributed by atoms with van der Waals surface area (Å²) in [6.45, 7) is 0. The second-order valence-electron chi connectivity index (χ2n) is 4.86. The lowest BCUT2D eigenvalue weighted by molar-refractivity contribution is 1.47. The van der Waals surface area contributed by atoms with E-state index in [0.29, 0.717) is 0 Å². The Kier molecular flexibility index (Phi) is 4.53. The standard InChI is InChI=1S/C20H16N2/c1-3-8-17(9-4-1)15-21-19-12-7-13-20(14-19)22-16-18-10-5-2-6-11-18/h1-16H. The molecule has 2 nitrogen and oxygen atoms in total. The van der Waals surface area contributed by atoms with Gasteiger partial charge in [-0.3, -0.25) is 9.98 Å². The van der Waals surface area contributed by atoms with E-state index in [1.807, 2.05) is 97.4 Å². The minimum Gasteiger partial charge on any atom is -0.256 e. The van der Waals surface area contributed by atoms with Crippen molar-refractivity contribution in [3.05, 3.63) is 96.1 Å². The summed E-state index contributed by atoms with van der Waals surface area (Å²) in [5, 5.41) is 0. The number of nitrogens with zero attached hydrogens (tertiary/aromatic N) is 2. The van der Waals surface area contributed by atoms with Crippen molar-refractivity contribution < 1.29 is 0 Å². The van der Waals surface area contributed by atoms with Crippen LogP contribution in [0.4, 0.5) is 11.4 Å². The third-order valence-electron chi connectivity index (χ3n) is 3.15. The molecule has 106 valence electrons. The normalized spacial score (nSPS) is 11.3. The molecule has 0 atom stereocenters. The Balaban J connectivity index is 1.75. The molecule has 3 rings (SSSR count). The molecule has 0 aliphatic rings. The summed E-state index contributed by atoms with van der Waals surface area (Å²) in [4.78, 5) is 8.99. The molecule has 0 N–H and O–H groups in total. The summed E-state index contributed by atoms with van der Waals surface area (Å²) in [6.07, 6.45) is 3.72. The molecule has 0 saturated carbocycles. The molecule has 0 amide bonds. The quantitative estimate of drug-likeness (QED) is 0.589. The van der Waals surface area contributed by atoms with E-state index in [9.17, 15) is 0 Å². The first-order chi connectivity index (χ1) is 10.9. The molecular weight excluding hydrogens is 268 g/mol. The van der Waals surface area contributed by atoms with Crippen molar-refractivity contribution in [3.8, 4) is 0 Å². The topological polar surface area (TPSA) is 24.7 Å². The molecule has 0 aromatic heterocycles. The molecule has 0 aliphatic heterocycles. The zero-order valence-electron chi connectivity index (χ0n) is 12.1. The summed E-state index contributed by atoms with van der Waals surface area (Å²) in [6, 6.07) is 28.0. The summed E-state index contributed by atoms with van der Waals surface area (Å²) in [7, 11) is 0.